The van der Waals surface area contributed by atoms with Crippen LogP contribution in [0.5, 0.6) is 0 Å². The molecule has 88 valence electrons. The maximum atomic E-state index is 4.26. The van der Waals surface area contributed by atoms with Gasteiger partial charge in [-0.3, -0.25) is 0 Å². The summed E-state index contributed by atoms with van der Waals surface area (Å²) in [6.07, 6.45) is 5.29. The predicted molar refractivity (Wildman–Crippen MR) is 73.3 cm³/mol. The first kappa shape index (κ1) is 12.0. The second kappa shape index (κ2) is 5.74. The quantitative estimate of drug-likeness (QED) is 0.785. The Bertz CT molecular complexity index is 349. The summed E-state index contributed by atoms with van der Waals surface area (Å²) in [5.41, 5.74) is 4.61. The molecule has 1 aliphatic carbocycles. The van der Waals surface area contributed by atoms with Crippen molar-refractivity contribution in [3.63, 3.8) is 0 Å². The highest BCUT2D eigenvalue weighted by Gasteiger charge is 2.09. The van der Waals surface area contributed by atoms with Gasteiger partial charge in [-0.15, -0.1) is 0 Å². The molecule has 1 nitrogen and oxygen atoms in total. The van der Waals surface area contributed by atoms with E-state index in [0.717, 1.165) is 18.8 Å². The Balaban J connectivity index is 2.05. The van der Waals surface area contributed by atoms with Crippen LogP contribution in [-0.2, 0) is 19.4 Å². The molecule has 0 heterocycles. The Hall–Kier alpha value is -0.470. The van der Waals surface area contributed by atoms with Crippen molar-refractivity contribution >= 4 is 12.6 Å². The fraction of sp³-hybridized carbons (Fsp3) is 0.571. The van der Waals surface area contributed by atoms with Crippen LogP contribution in [0.1, 0.15) is 29.5 Å². The number of rotatable bonds is 4. The minimum Gasteiger partial charge on any atom is -0.301 e. The molecule has 1 aromatic rings. The van der Waals surface area contributed by atoms with Crippen LogP contribution >= 0.6 is 12.6 Å². The van der Waals surface area contributed by atoms with E-state index in [4.69, 9.17) is 0 Å². The van der Waals surface area contributed by atoms with Crippen molar-refractivity contribution < 1.29 is 0 Å². The summed E-state index contributed by atoms with van der Waals surface area (Å²) in [4.78, 5) is 2.33. The molecule has 0 aromatic heterocycles. The van der Waals surface area contributed by atoms with Gasteiger partial charge in [0.2, 0.25) is 0 Å². The largest absolute Gasteiger partial charge is 0.301 e. The van der Waals surface area contributed by atoms with Gasteiger partial charge in [0.15, 0.2) is 0 Å². The topological polar surface area (TPSA) is 3.24 Å². The number of fused-ring (bicyclic) bond motifs is 1. The van der Waals surface area contributed by atoms with Crippen LogP contribution in [0.2, 0.25) is 0 Å². The van der Waals surface area contributed by atoms with E-state index in [9.17, 15) is 0 Å². The Labute approximate surface area is 104 Å². The lowest BCUT2D eigenvalue weighted by molar-refractivity contribution is 0.349. The maximum absolute atomic E-state index is 4.26. The number of aryl methyl sites for hydroxylation is 2. The van der Waals surface area contributed by atoms with E-state index in [1.54, 1.807) is 11.1 Å². The van der Waals surface area contributed by atoms with Gasteiger partial charge in [-0.2, -0.15) is 12.6 Å². The molecule has 0 bridgehead atoms. The first-order chi connectivity index (χ1) is 7.79. The van der Waals surface area contributed by atoms with Gasteiger partial charge in [-0.25, -0.2) is 0 Å². The number of nitrogens with zero attached hydrogens (tertiary/aromatic N) is 1. The summed E-state index contributed by atoms with van der Waals surface area (Å²) in [5, 5.41) is 0. The molecule has 0 fully saturated rings. The highest BCUT2D eigenvalue weighted by molar-refractivity contribution is 7.80. The summed E-state index contributed by atoms with van der Waals surface area (Å²) in [6, 6.07) is 7.03. The van der Waals surface area contributed by atoms with Crippen LogP contribution in [0, 0.1) is 0 Å². The summed E-state index contributed by atoms with van der Waals surface area (Å²) >= 11 is 4.26. The summed E-state index contributed by atoms with van der Waals surface area (Å²) in [6.45, 7) is 2.11. The third-order valence-electron chi connectivity index (χ3n) is 3.35. The van der Waals surface area contributed by atoms with Crippen LogP contribution in [0.3, 0.4) is 0 Å². The first-order valence-electron chi connectivity index (χ1n) is 6.19. The highest BCUT2D eigenvalue weighted by Crippen LogP contribution is 2.22. The normalized spacial score (nSPS) is 15.2. The molecule has 0 amide bonds. The fourth-order valence-electron chi connectivity index (χ4n) is 2.45. The molecule has 1 aliphatic rings. The molecular formula is C14H21NS. The Morgan fingerprint density at radius 2 is 1.94 bits per heavy atom. The second-order valence-corrected chi connectivity index (χ2v) is 5.22. The molecule has 0 radical (unpaired) electrons. The summed E-state index contributed by atoms with van der Waals surface area (Å²) in [7, 11) is 2.16. The third-order valence-corrected chi connectivity index (χ3v) is 3.55. The number of hydrogen-bond acceptors (Lipinski definition) is 2. The van der Waals surface area contributed by atoms with Crippen LogP contribution in [0.15, 0.2) is 18.2 Å². The number of thiol groups is 1. The van der Waals surface area contributed by atoms with E-state index >= 15 is 0 Å². The SMILES string of the molecule is CN(CCS)Cc1ccc2c(c1)CCCC2. The molecule has 0 spiro atoms. The Morgan fingerprint density at radius 1 is 1.19 bits per heavy atom. The molecule has 2 heteroatoms. The van der Waals surface area contributed by atoms with Crippen molar-refractivity contribution in [3.8, 4) is 0 Å². The lowest BCUT2D eigenvalue weighted by Gasteiger charge is -2.19. The molecular weight excluding hydrogens is 214 g/mol. The van der Waals surface area contributed by atoms with E-state index in [0.29, 0.717) is 0 Å². The van der Waals surface area contributed by atoms with Crippen molar-refractivity contribution in [2.24, 2.45) is 0 Å². The van der Waals surface area contributed by atoms with E-state index < -0.39 is 0 Å². The molecule has 0 N–H and O–H groups in total. The van der Waals surface area contributed by atoms with E-state index in [2.05, 4.69) is 42.8 Å². The summed E-state index contributed by atoms with van der Waals surface area (Å²) in [5.74, 6) is 0.932. The number of hydrogen-bond donors (Lipinski definition) is 1. The molecule has 1 aromatic carbocycles. The lowest BCUT2D eigenvalue weighted by atomic mass is 9.90. The lowest BCUT2D eigenvalue weighted by Crippen LogP contribution is -2.20. The van der Waals surface area contributed by atoms with Gasteiger partial charge in [0.25, 0.3) is 0 Å². The maximum Gasteiger partial charge on any atom is 0.0231 e. The molecule has 0 aliphatic heterocycles. The van der Waals surface area contributed by atoms with E-state index in [1.807, 2.05) is 0 Å². The predicted octanol–water partition coefficient (Wildman–Crippen LogP) is 2.93. The minimum absolute atomic E-state index is 0.932. The summed E-state index contributed by atoms with van der Waals surface area (Å²) < 4.78 is 0. The van der Waals surface area contributed by atoms with Gasteiger partial charge >= 0.3 is 0 Å². The Kier molecular flexibility index (Phi) is 4.30. The van der Waals surface area contributed by atoms with Crippen molar-refractivity contribution in [3.05, 3.63) is 34.9 Å². The molecule has 2 rings (SSSR count). The molecule has 0 unspecified atom stereocenters. The average Bonchev–Trinajstić information content (AvgIpc) is 2.29. The van der Waals surface area contributed by atoms with Gasteiger partial charge in [0.1, 0.15) is 0 Å². The molecule has 0 saturated carbocycles. The van der Waals surface area contributed by atoms with Gasteiger partial charge in [0, 0.05) is 18.8 Å². The number of benzene rings is 1. The van der Waals surface area contributed by atoms with Crippen molar-refractivity contribution in [1.29, 1.82) is 0 Å². The van der Waals surface area contributed by atoms with Crippen LogP contribution in [-0.4, -0.2) is 24.2 Å². The van der Waals surface area contributed by atoms with Gasteiger partial charge in [-0.1, -0.05) is 18.2 Å². The smallest absolute Gasteiger partial charge is 0.0231 e. The minimum atomic E-state index is 0.932. The molecule has 0 atom stereocenters. The van der Waals surface area contributed by atoms with Crippen molar-refractivity contribution in [2.75, 3.05) is 19.3 Å². The van der Waals surface area contributed by atoms with E-state index in [1.165, 1.54) is 31.2 Å². The Morgan fingerprint density at radius 3 is 2.69 bits per heavy atom. The van der Waals surface area contributed by atoms with Crippen LogP contribution in [0.4, 0.5) is 0 Å². The zero-order chi connectivity index (χ0) is 11.4. The molecule has 0 saturated heterocycles. The van der Waals surface area contributed by atoms with Crippen LogP contribution < -0.4 is 0 Å². The van der Waals surface area contributed by atoms with E-state index in [-0.39, 0.29) is 0 Å². The van der Waals surface area contributed by atoms with Gasteiger partial charge < -0.3 is 4.90 Å². The van der Waals surface area contributed by atoms with Crippen molar-refractivity contribution in [1.82, 2.24) is 4.90 Å². The zero-order valence-electron chi connectivity index (χ0n) is 10.1. The fourth-order valence-corrected chi connectivity index (χ4v) is 2.79. The zero-order valence-corrected chi connectivity index (χ0v) is 11.0. The van der Waals surface area contributed by atoms with Crippen molar-refractivity contribution in [2.45, 2.75) is 32.2 Å². The average molecular weight is 235 g/mol. The van der Waals surface area contributed by atoms with Crippen LogP contribution in [0.25, 0.3) is 0 Å². The highest BCUT2D eigenvalue weighted by atomic mass is 32.1. The van der Waals surface area contributed by atoms with Gasteiger partial charge in [-0.05, 0) is 49.4 Å². The second-order valence-electron chi connectivity index (χ2n) is 4.77. The van der Waals surface area contributed by atoms with Gasteiger partial charge in [0.05, 0.1) is 0 Å². The third kappa shape index (κ3) is 3.02. The standard InChI is InChI=1S/C14H21NS/c1-15(8-9-16)11-12-6-7-13-4-2-3-5-14(13)10-12/h6-7,10,16H,2-5,8-9,11H2,1H3. The monoisotopic (exact) mass is 235 g/mol. The first-order valence-corrected chi connectivity index (χ1v) is 6.83. The molecule has 16 heavy (non-hydrogen) atoms.